The number of likely N-dealkylation sites (tertiary alicyclic amines) is 1. The lowest BCUT2D eigenvalue weighted by atomic mass is 9.91. The molecule has 266 valence electrons. The summed E-state index contributed by atoms with van der Waals surface area (Å²) < 4.78 is 81.2. The second-order valence-electron chi connectivity index (χ2n) is 12.3. The first-order valence-electron chi connectivity index (χ1n) is 15.8. The Morgan fingerprint density at radius 3 is 2.47 bits per heavy atom. The Bertz CT molecular complexity index is 1720. The molecule has 1 aromatic heterocycles. The summed E-state index contributed by atoms with van der Waals surface area (Å²) >= 11 is 5.96. The molecule has 2 saturated heterocycles. The Balaban J connectivity index is 1.38. The number of nitrogens with zero attached hydrogens (tertiary/aromatic N) is 2. The van der Waals surface area contributed by atoms with Crippen LogP contribution in [0.2, 0.25) is 5.02 Å². The number of sulfonamides is 1. The van der Waals surface area contributed by atoms with Crippen LogP contribution < -0.4 is 15.4 Å². The van der Waals surface area contributed by atoms with E-state index in [1.165, 1.54) is 12.1 Å². The highest BCUT2D eigenvalue weighted by Gasteiger charge is 2.50. The summed E-state index contributed by atoms with van der Waals surface area (Å²) in [5.41, 5.74) is 0.954. The number of Topliss-reactive ketones (excluding diaryl/α,β-unsaturated/α-hetero) is 1. The van der Waals surface area contributed by atoms with Gasteiger partial charge in [0.25, 0.3) is 5.89 Å². The highest BCUT2D eigenvalue weighted by Crippen LogP contribution is 2.29. The Kier molecular flexibility index (Phi) is 11.6. The molecule has 2 fully saturated rings. The molecule has 1 unspecified atom stereocenters. The summed E-state index contributed by atoms with van der Waals surface area (Å²) in [5.74, 6) is -4.29. The Hall–Kier alpha value is -3.57. The summed E-state index contributed by atoms with van der Waals surface area (Å²) in [4.78, 5) is 45.7. The van der Waals surface area contributed by atoms with E-state index >= 15 is 0 Å². The van der Waals surface area contributed by atoms with Crippen LogP contribution in [0.25, 0.3) is 11.1 Å². The van der Waals surface area contributed by atoms with Crippen molar-refractivity contribution in [2.45, 2.75) is 69.1 Å². The van der Waals surface area contributed by atoms with Crippen LogP contribution in [0.5, 0.6) is 0 Å². The van der Waals surface area contributed by atoms with E-state index in [-0.39, 0.29) is 43.0 Å². The maximum absolute atomic E-state index is 14.3. The average Bonchev–Trinajstić information content (AvgIpc) is 3.69. The van der Waals surface area contributed by atoms with Gasteiger partial charge in [0.2, 0.25) is 27.6 Å². The molecular weight excluding hydrogens is 691 g/mol. The fourth-order valence-electron chi connectivity index (χ4n) is 6.10. The first-order valence-corrected chi connectivity index (χ1v) is 18.1. The van der Waals surface area contributed by atoms with Crippen molar-refractivity contribution in [3.8, 4) is 0 Å². The molecule has 0 saturated carbocycles. The number of oxazole rings is 1. The van der Waals surface area contributed by atoms with Crippen molar-refractivity contribution >= 4 is 50.3 Å². The third-order valence-corrected chi connectivity index (χ3v) is 9.57. The highest BCUT2D eigenvalue weighted by molar-refractivity contribution is 7.88. The number of piperidine rings is 1. The quantitative estimate of drug-likeness (QED) is 0.224. The number of para-hydroxylation sites is 2. The molecule has 12 nitrogen and oxygen atoms in total. The van der Waals surface area contributed by atoms with E-state index in [0.29, 0.717) is 11.4 Å². The summed E-state index contributed by atoms with van der Waals surface area (Å²) in [6, 6.07) is 6.88. The van der Waals surface area contributed by atoms with Crippen LogP contribution in [0.1, 0.15) is 48.4 Å². The smallest absolute Gasteiger partial charge is 0.416 e. The SMILES string of the molecule is CS(=O)(=O)N[C@H](CCC1CCNCC1)C(=O)N1C[C@H](OCc2ccc(Cl)cc2)CC1C(=O)N[C@H](C(=O)c1nc2ccccc2o1)C(F)(F)F. The van der Waals surface area contributed by atoms with Gasteiger partial charge in [-0.15, -0.1) is 0 Å². The van der Waals surface area contributed by atoms with Crippen molar-refractivity contribution in [1.82, 2.24) is 25.2 Å². The van der Waals surface area contributed by atoms with Gasteiger partial charge < -0.3 is 24.7 Å². The van der Waals surface area contributed by atoms with Gasteiger partial charge in [-0.3, -0.25) is 14.4 Å². The topological polar surface area (TPSA) is 160 Å². The molecule has 0 bridgehead atoms. The molecule has 2 aromatic carbocycles. The molecule has 2 aliphatic rings. The number of ketones is 1. The molecule has 0 aliphatic carbocycles. The number of carbonyl (C=O) groups is 3. The normalized spacial score (nSPS) is 20.3. The van der Waals surface area contributed by atoms with Gasteiger partial charge >= 0.3 is 6.18 Å². The minimum Gasteiger partial charge on any atom is -0.434 e. The van der Waals surface area contributed by atoms with Crippen molar-refractivity contribution in [3.05, 3.63) is 65.0 Å². The summed E-state index contributed by atoms with van der Waals surface area (Å²) in [6.45, 7) is 1.40. The van der Waals surface area contributed by atoms with Gasteiger partial charge in [-0.1, -0.05) is 35.9 Å². The fraction of sp³-hybridized carbons (Fsp3) is 0.500. The number of fused-ring (bicyclic) bond motifs is 1. The number of hydrogen-bond acceptors (Lipinski definition) is 9. The number of carbonyl (C=O) groups excluding carboxylic acids is 3. The molecule has 3 N–H and O–H groups in total. The summed E-state index contributed by atoms with van der Waals surface area (Å²) in [5, 5.41) is 5.52. The predicted octanol–water partition coefficient (Wildman–Crippen LogP) is 3.59. The lowest BCUT2D eigenvalue weighted by Crippen LogP contribution is -2.58. The lowest BCUT2D eigenvalue weighted by Gasteiger charge is -2.30. The molecule has 2 amide bonds. The molecule has 3 heterocycles. The zero-order valence-electron chi connectivity index (χ0n) is 26.5. The third-order valence-electron chi connectivity index (χ3n) is 8.60. The van der Waals surface area contributed by atoms with Crippen LogP contribution in [-0.2, 0) is 31.0 Å². The number of halogens is 4. The van der Waals surface area contributed by atoms with E-state index in [2.05, 4.69) is 15.0 Å². The average molecular weight is 728 g/mol. The van der Waals surface area contributed by atoms with Crippen molar-refractivity contribution in [2.24, 2.45) is 5.92 Å². The van der Waals surface area contributed by atoms with Gasteiger partial charge in [-0.05, 0) is 74.5 Å². The number of alkyl halides is 3. The van der Waals surface area contributed by atoms with E-state index in [1.54, 1.807) is 41.7 Å². The fourth-order valence-corrected chi connectivity index (χ4v) is 6.97. The molecule has 0 radical (unpaired) electrons. The van der Waals surface area contributed by atoms with Crippen LogP contribution in [0, 0.1) is 5.92 Å². The molecule has 3 aromatic rings. The molecule has 4 atom stereocenters. The van der Waals surface area contributed by atoms with Gasteiger partial charge in [0.15, 0.2) is 11.6 Å². The van der Waals surface area contributed by atoms with Gasteiger partial charge in [-0.2, -0.15) is 13.2 Å². The van der Waals surface area contributed by atoms with Gasteiger partial charge in [0, 0.05) is 18.0 Å². The molecule has 2 aliphatic heterocycles. The number of amides is 2. The molecule has 17 heteroatoms. The van der Waals surface area contributed by atoms with Crippen molar-refractivity contribution in [1.29, 1.82) is 0 Å². The minimum atomic E-state index is -5.25. The van der Waals surface area contributed by atoms with Crippen LogP contribution in [0.15, 0.2) is 52.9 Å². The number of hydrogen-bond donors (Lipinski definition) is 3. The summed E-state index contributed by atoms with van der Waals surface area (Å²) in [7, 11) is -3.91. The number of benzene rings is 2. The van der Waals surface area contributed by atoms with E-state index in [1.807, 2.05) is 0 Å². The van der Waals surface area contributed by atoms with Crippen LogP contribution in [-0.4, -0.2) is 92.2 Å². The van der Waals surface area contributed by atoms with E-state index in [4.69, 9.17) is 20.8 Å². The zero-order valence-corrected chi connectivity index (χ0v) is 28.1. The summed E-state index contributed by atoms with van der Waals surface area (Å²) in [6.07, 6.45) is -3.08. The maximum atomic E-state index is 14.3. The van der Waals surface area contributed by atoms with Crippen LogP contribution in [0.3, 0.4) is 0 Å². The number of nitrogens with one attached hydrogen (secondary N) is 3. The zero-order chi connectivity index (χ0) is 35.3. The van der Waals surface area contributed by atoms with Crippen LogP contribution >= 0.6 is 11.6 Å². The van der Waals surface area contributed by atoms with Gasteiger partial charge in [0.1, 0.15) is 17.6 Å². The first kappa shape index (κ1) is 36.7. The molecule has 49 heavy (non-hydrogen) atoms. The molecule has 5 rings (SSSR count). The first-order chi connectivity index (χ1) is 23.2. The lowest BCUT2D eigenvalue weighted by molar-refractivity contribution is -0.155. The number of ether oxygens (including phenoxy) is 1. The number of aromatic nitrogens is 1. The van der Waals surface area contributed by atoms with Gasteiger partial charge in [0.05, 0.1) is 19.0 Å². The van der Waals surface area contributed by atoms with Crippen molar-refractivity contribution in [2.75, 3.05) is 25.9 Å². The maximum Gasteiger partial charge on any atom is 0.416 e. The van der Waals surface area contributed by atoms with Gasteiger partial charge in [-0.25, -0.2) is 18.1 Å². The van der Waals surface area contributed by atoms with Crippen molar-refractivity contribution in [3.63, 3.8) is 0 Å². The molecule has 0 spiro atoms. The Morgan fingerprint density at radius 1 is 1.12 bits per heavy atom. The largest absolute Gasteiger partial charge is 0.434 e. The van der Waals surface area contributed by atoms with E-state index in [0.717, 1.165) is 42.7 Å². The molecular formula is C32H37ClF3N5O7S. The number of rotatable bonds is 13. The predicted molar refractivity (Wildman–Crippen MR) is 173 cm³/mol. The second kappa shape index (κ2) is 15.5. The Morgan fingerprint density at radius 2 is 1.82 bits per heavy atom. The minimum absolute atomic E-state index is 0.0420. The van der Waals surface area contributed by atoms with E-state index < -0.39 is 63.9 Å². The van der Waals surface area contributed by atoms with Crippen molar-refractivity contribution < 1.29 is 45.1 Å². The third kappa shape index (κ3) is 9.78. The monoisotopic (exact) mass is 727 g/mol. The highest BCUT2D eigenvalue weighted by atomic mass is 35.5. The standard InChI is InChI=1S/C32H37ClF3N5O7S/c1-49(45,46)40-24(11-8-19-12-14-37-15-13-19)31(44)41-17-22(47-18-20-6-9-21(33)10-7-20)16-25(41)29(43)39-28(32(34,35)36)27(42)30-38-23-4-2-3-5-26(23)48-30/h2-7,9-10,19,22,24-25,28,37,40H,8,11-18H2,1H3,(H,39,43)/t22-,24-,25?,28-/m1/s1. The second-order valence-corrected chi connectivity index (χ2v) is 14.6. The van der Waals surface area contributed by atoms with Crippen LogP contribution in [0.4, 0.5) is 13.2 Å². The van der Waals surface area contributed by atoms with E-state index in [9.17, 15) is 36.0 Å². The Labute approximate surface area is 286 Å².